The molecule has 4 aromatic rings. The SMILES string of the molecule is CCOc1ccc(-c2nnc(SCC(=O)Nc3ccc(C)c(C)c3)n2-c2ccccc2)cc1. The van der Waals surface area contributed by atoms with E-state index in [0.717, 1.165) is 28.3 Å². The molecule has 1 aromatic heterocycles. The largest absolute Gasteiger partial charge is 0.494 e. The smallest absolute Gasteiger partial charge is 0.234 e. The van der Waals surface area contributed by atoms with Crippen LogP contribution in [0.15, 0.2) is 78.0 Å². The monoisotopic (exact) mass is 458 g/mol. The van der Waals surface area contributed by atoms with E-state index in [9.17, 15) is 4.79 Å². The summed E-state index contributed by atoms with van der Waals surface area (Å²) in [5.74, 6) is 1.65. The molecule has 4 rings (SSSR count). The third-order valence-corrected chi connectivity index (χ3v) is 6.12. The van der Waals surface area contributed by atoms with Crippen molar-refractivity contribution in [1.82, 2.24) is 14.8 Å². The van der Waals surface area contributed by atoms with E-state index in [1.165, 1.54) is 17.3 Å². The molecule has 1 heterocycles. The van der Waals surface area contributed by atoms with Gasteiger partial charge in [0.2, 0.25) is 5.91 Å². The predicted molar refractivity (Wildman–Crippen MR) is 133 cm³/mol. The molecule has 0 saturated carbocycles. The van der Waals surface area contributed by atoms with Crippen molar-refractivity contribution in [2.45, 2.75) is 25.9 Å². The molecule has 0 unspecified atom stereocenters. The third kappa shape index (κ3) is 5.43. The number of anilines is 1. The average Bonchev–Trinajstić information content (AvgIpc) is 3.25. The lowest BCUT2D eigenvalue weighted by atomic mass is 10.1. The number of thioether (sulfide) groups is 1. The van der Waals surface area contributed by atoms with Gasteiger partial charge in [0.25, 0.3) is 0 Å². The van der Waals surface area contributed by atoms with E-state index in [2.05, 4.69) is 22.4 Å². The van der Waals surface area contributed by atoms with E-state index in [1.54, 1.807) is 0 Å². The maximum atomic E-state index is 12.6. The van der Waals surface area contributed by atoms with Crippen LogP contribution in [0.25, 0.3) is 17.1 Å². The van der Waals surface area contributed by atoms with Gasteiger partial charge in [-0.25, -0.2) is 0 Å². The molecule has 0 radical (unpaired) electrons. The molecule has 1 N–H and O–H groups in total. The maximum Gasteiger partial charge on any atom is 0.234 e. The minimum Gasteiger partial charge on any atom is -0.494 e. The highest BCUT2D eigenvalue weighted by atomic mass is 32.2. The van der Waals surface area contributed by atoms with Crippen LogP contribution in [-0.2, 0) is 4.79 Å². The quantitative estimate of drug-likeness (QED) is 0.344. The van der Waals surface area contributed by atoms with Crippen LogP contribution in [0.2, 0.25) is 0 Å². The van der Waals surface area contributed by atoms with Gasteiger partial charge in [-0.3, -0.25) is 9.36 Å². The second kappa shape index (κ2) is 10.4. The van der Waals surface area contributed by atoms with Gasteiger partial charge in [0.05, 0.1) is 12.4 Å². The van der Waals surface area contributed by atoms with E-state index in [4.69, 9.17) is 4.74 Å². The highest BCUT2D eigenvalue weighted by molar-refractivity contribution is 7.99. The zero-order chi connectivity index (χ0) is 23.2. The van der Waals surface area contributed by atoms with Gasteiger partial charge in [-0.05, 0) is 80.4 Å². The number of hydrogen-bond donors (Lipinski definition) is 1. The molecule has 7 heteroatoms. The van der Waals surface area contributed by atoms with Crippen molar-refractivity contribution in [3.8, 4) is 22.8 Å². The molecule has 0 saturated heterocycles. The number of aromatic nitrogens is 3. The number of nitrogens with zero attached hydrogens (tertiary/aromatic N) is 3. The van der Waals surface area contributed by atoms with Crippen molar-refractivity contribution in [1.29, 1.82) is 0 Å². The summed E-state index contributed by atoms with van der Waals surface area (Å²) in [6, 6.07) is 23.6. The molecular weight excluding hydrogens is 432 g/mol. The number of para-hydroxylation sites is 1. The first-order valence-electron chi connectivity index (χ1n) is 10.8. The van der Waals surface area contributed by atoms with E-state index in [0.29, 0.717) is 17.6 Å². The summed E-state index contributed by atoms with van der Waals surface area (Å²) in [5.41, 5.74) is 4.98. The van der Waals surface area contributed by atoms with Crippen LogP contribution >= 0.6 is 11.8 Å². The Balaban J connectivity index is 1.56. The minimum atomic E-state index is -0.0894. The van der Waals surface area contributed by atoms with Crippen molar-refractivity contribution in [3.63, 3.8) is 0 Å². The van der Waals surface area contributed by atoms with Crippen molar-refractivity contribution < 1.29 is 9.53 Å². The first-order chi connectivity index (χ1) is 16.0. The van der Waals surface area contributed by atoms with E-state index >= 15 is 0 Å². The first kappa shape index (κ1) is 22.6. The zero-order valence-corrected chi connectivity index (χ0v) is 19.7. The molecule has 0 atom stereocenters. The van der Waals surface area contributed by atoms with Crippen molar-refractivity contribution in [2.75, 3.05) is 17.7 Å². The number of nitrogens with one attached hydrogen (secondary N) is 1. The lowest BCUT2D eigenvalue weighted by molar-refractivity contribution is -0.113. The zero-order valence-electron chi connectivity index (χ0n) is 18.9. The van der Waals surface area contributed by atoms with Crippen LogP contribution in [0, 0.1) is 13.8 Å². The Labute approximate surface area is 198 Å². The predicted octanol–water partition coefficient (Wildman–Crippen LogP) is 5.68. The van der Waals surface area contributed by atoms with Crippen LogP contribution < -0.4 is 10.1 Å². The van der Waals surface area contributed by atoms with E-state index < -0.39 is 0 Å². The van der Waals surface area contributed by atoms with Crippen molar-refractivity contribution >= 4 is 23.4 Å². The molecule has 0 fully saturated rings. The minimum absolute atomic E-state index is 0.0894. The van der Waals surface area contributed by atoms with Crippen LogP contribution in [-0.4, -0.2) is 33.0 Å². The topological polar surface area (TPSA) is 69.0 Å². The summed E-state index contributed by atoms with van der Waals surface area (Å²) in [7, 11) is 0. The number of amides is 1. The fraction of sp³-hybridized carbons (Fsp3) is 0.192. The van der Waals surface area contributed by atoms with Gasteiger partial charge in [0.15, 0.2) is 11.0 Å². The Hall–Kier alpha value is -3.58. The van der Waals surface area contributed by atoms with Gasteiger partial charge in [0.1, 0.15) is 5.75 Å². The second-order valence-corrected chi connectivity index (χ2v) is 8.51. The molecule has 0 aliphatic rings. The summed E-state index contributed by atoms with van der Waals surface area (Å²) in [5, 5.41) is 12.5. The fourth-order valence-electron chi connectivity index (χ4n) is 3.37. The van der Waals surface area contributed by atoms with Gasteiger partial charge in [-0.1, -0.05) is 36.0 Å². The maximum absolute atomic E-state index is 12.6. The van der Waals surface area contributed by atoms with E-state index in [-0.39, 0.29) is 11.7 Å². The molecule has 3 aromatic carbocycles. The van der Waals surface area contributed by atoms with Crippen molar-refractivity contribution in [2.24, 2.45) is 0 Å². The summed E-state index contributed by atoms with van der Waals surface area (Å²) in [4.78, 5) is 12.6. The lowest BCUT2D eigenvalue weighted by Crippen LogP contribution is -2.14. The molecule has 6 nitrogen and oxygen atoms in total. The van der Waals surface area contributed by atoms with Gasteiger partial charge in [0, 0.05) is 16.9 Å². The number of ether oxygens (including phenoxy) is 1. The Kier molecular flexibility index (Phi) is 7.10. The molecule has 33 heavy (non-hydrogen) atoms. The number of aryl methyl sites for hydroxylation is 2. The molecule has 0 aliphatic heterocycles. The fourth-order valence-corrected chi connectivity index (χ4v) is 4.13. The van der Waals surface area contributed by atoms with Gasteiger partial charge >= 0.3 is 0 Å². The molecule has 1 amide bonds. The number of carbonyl (C=O) groups is 1. The summed E-state index contributed by atoms with van der Waals surface area (Å²) >= 11 is 1.36. The lowest BCUT2D eigenvalue weighted by Gasteiger charge is -2.11. The summed E-state index contributed by atoms with van der Waals surface area (Å²) in [6.07, 6.45) is 0. The Morgan fingerprint density at radius 3 is 2.42 bits per heavy atom. The normalized spacial score (nSPS) is 10.8. The number of benzene rings is 3. The average molecular weight is 459 g/mol. The van der Waals surface area contributed by atoms with Crippen LogP contribution in [0.1, 0.15) is 18.1 Å². The molecule has 0 bridgehead atoms. The van der Waals surface area contributed by atoms with Gasteiger partial charge < -0.3 is 10.1 Å². The Morgan fingerprint density at radius 1 is 0.970 bits per heavy atom. The molecule has 168 valence electrons. The van der Waals surface area contributed by atoms with E-state index in [1.807, 2.05) is 91.2 Å². The van der Waals surface area contributed by atoms with Crippen LogP contribution in [0.3, 0.4) is 0 Å². The number of rotatable bonds is 8. The van der Waals surface area contributed by atoms with Crippen LogP contribution in [0.5, 0.6) is 5.75 Å². The summed E-state index contributed by atoms with van der Waals surface area (Å²) < 4.78 is 7.53. The first-order valence-corrected chi connectivity index (χ1v) is 11.8. The molecule has 0 spiro atoms. The Bertz CT molecular complexity index is 1240. The molecular formula is C26H26N4O2S. The van der Waals surface area contributed by atoms with Crippen molar-refractivity contribution in [3.05, 3.63) is 83.9 Å². The highest BCUT2D eigenvalue weighted by Crippen LogP contribution is 2.29. The standard InChI is InChI=1S/C26H26N4O2S/c1-4-32-23-14-11-20(12-15-23)25-28-29-26(30(25)22-8-6-5-7-9-22)33-17-24(31)27-21-13-10-18(2)19(3)16-21/h5-16H,4,17H2,1-3H3,(H,27,31). The highest BCUT2D eigenvalue weighted by Gasteiger charge is 2.17. The Morgan fingerprint density at radius 2 is 1.73 bits per heavy atom. The van der Waals surface area contributed by atoms with Gasteiger partial charge in [-0.15, -0.1) is 10.2 Å². The molecule has 0 aliphatic carbocycles. The summed E-state index contributed by atoms with van der Waals surface area (Å²) in [6.45, 7) is 6.66. The number of carbonyl (C=O) groups excluding carboxylic acids is 1. The second-order valence-electron chi connectivity index (χ2n) is 7.57. The third-order valence-electron chi connectivity index (χ3n) is 5.19. The van der Waals surface area contributed by atoms with Crippen LogP contribution in [0.4, 0.5) is 5.69 Å². The number of hydrogen-bond acceptors (Lipinski definition) is 5. The van der Waals surface area contributed by atoms with Gasteiger partial charge in [-0.2, -0.15) is 0 Å².